The Labute approximate surface area is 170 Å². The number of pyridine rings is 1. The van der Waals surface area contributed by atoms with Gasteiger partial charge < -0.3 is 9.47 Å². The summed E-state index contributed by atoms with van der Waals surface area (Å²) in [5, 5.41) is 1.17. The normalized spacial score (nSPS) is 23.7. The van der Waals surface area contributed by atoms with E-state index in [9.17, 15) is 0 Å². The fourth-order valence-corrected chi connectivity index (χ4v) is 5.70. The highest BCUT2D eigenvalue weighted by atomic mass is 32.2. The summed E-state index contributed by atoms with van der Waals surface area (Å²) in [6.45, 7) is 4.45. The quantitative estimate of drug-likeness (QED) is 0.619. The number of nitrogens with zero attached hydrogens (tertiary/aromatic N) is 4. The van der Waals surface area contributed by atoms with Crippen molar-refractivity contribution in [3.05, 3.63) is 83.9 Å². The molecule has 0 aliphatic carbocycles. The summed E-state index contributed by atoms with van der Waals surface area (Å²) in [5.74, 6) is 1.12. The number of para-hydroxylation sites is 1. The largest absolute Gasteiger partial charge is 0.337 e. The number of fused-ring (bicyclic) bond motifs is 1. The standard InChI is InChI=1S/C23H24N4S/c1-3-17-15-28-23-25-21(18-10-6-7-13-24-18)22(27(17)23)20-12-8-14-26(20)19-11-5-4-9-16(19)2/h4-14,17,21-22H,3,15H2,1-2H3/t17-,21+,22+/m0/s1. The summed E-state index contributed by atoms with van der Waals surface area (Å²) in [4.78, 5) is 12.4. The molecule has 4 nitrogen and oxygen atoms in total. The van der Waals surface area contributed by atoms with Crippen molar-refractivity contribution in [3.63, 3.8) is 0 Å². The van der Waals surface area contributed by atoms with Crippen molar-refractivity contribution < 1.29 is 0 Å². The summed E-state index contributed by atoms with van der Waals surface area (Å²) < 4.78 is 2.34. The van der Waals surface area contributed by atoms with Crippen LogP contribution in [0.1, 0.15) is 42.4 Å². The van der Waals surface area contributed by atoms with E-state index in [2.05, 4.69) is 83.0 Å². The zero-order chi connectivity index (χ0) is 19.1. The second kappa shape index (κ2) is 7.13. The molecule has 0 spiro atoms. The van der Waals surface area contributed by atoms with E-state index in [-0.39, 0.29) is 12.1 Å². The summed E-state index contributed by atoms with van der Waals surface area (Å²) in [7, 11) is 0. The molecule has 1 aromatic carbocycles. The minimum atomic E-state index is 0.0238. The van der Waals surface area contributed by atoms with Gasteiger partial charge in [0.2, 0.25) is 0 Å². The van der Waals surface area contributed by atoms with Crippen LogP contribution in [0.5, 0.6) is 0 Å². The van der Waals surface area contributed by atoms with E-state index in [0.29, 0.717) is 6.04 Å². The lowest BCUT2D eigenvalue weighted by Crippen LogP contribution is -2.36. The lowest BCUT2D eigenvalue weighted by Gasteiger charge is -2.32. The molecule has 28 heavy (non-hydrogen) atoms. The zero-order valence-corrected chi connectivity index (χ0v) is 17.0. The Morgan fingerprint density at radius 2 is 1.93 bits per heavy atom. The fraction of sp³-hybridized carbons (Fsp3) is 0.304. The monoisotopic (exact) mass is 388 g/mol. The van der Waals surface area contributed by atoms with E-state index in [1.165, 1.54) is 22.1 Å². The molecule has 5 rings (SSSR count). The maximum atomic E-state index is 5.14. The molecule has 3 atom stereocenters. The molecular formula is C23H24N4S. The minimum absolute atomic E-state index is 0.0238. The van der Waals surface area contributed by atoms with Gasteiger partial charge in [-0.05, 0) is 49.2 Å². The van der Waals surface area contributed by atoms with Crippen LogP contribution in [0.3, 0.4) is 0 Å². The maximum absolute atomic E-state index is 5.14. The van der Waals surface area contributed by atoms with Crippen molar-refractivity contribution in [2.75, 3.05) is 5.75 Å². The van der Waals surface area contributed by atoms with E-state index >= 15 is 0 Å². The lowest BCUT2D eigenvalue weighted by molar-refractivity contribution is 0.249. The molecule has 5 heteroatoms. The Hall–Kier alpha value is -2.53. The topological polar surface area (TPSA) is 33.4 Å². The van der Waals surface area contributed by atoms with Crippen molar-refractivity contribution in [1.29, 1.82) is 0 Å². The van der Waals surface area contributed by atoms with Crippen LogP contribution in [0.25, 0.3) is 5.69 Å². The van der Waals surface area contributed by atoms with Crippen LogP contribution >= 0.6 is 11.8 Å². The fourth-order valence-electron chi connectivity index (χ4n) is 4.36. The number of aliphatic imine (C=N–C) groups is 1. The second-order valence-corrected chi connectivity index (χ2v) is 8.41. The molecule has 142 valence electrons. The van der Waals surface area contributed by atoms with Crippen LogP contribution in [-0.2, 0) is 0 Å². The van der Waals surface area contributed by atoms with Crippen molar-refractivity contribution in [2.45, 2.75) is 38.4 Å². The first-order valence-electron chi connectivity index (χ1n) is 9.91. The van der Waals surface area contributed by atoms with Gasteiger partial charge in [-0.2, -0.15) is 0 Å². The van der Waals surface area contributed by atoms with Crippen LogP contribution < -0.4 is 0 Å². The number of hydrogen-bond donors (Lipinski definition) is 0. The Morgan fingerprint density at radius 1 is 1.07 bits per heavy atom. The Morgan fingerprint density at radius 3 is 2.71 bits per heavy atom. The molecule has 0 saturated carbocycles. The molecule has 0 bridgehead atoms. The molecule has 0 unspecified atom stereocenters. The van der Waals surface area contributed by atoms with Crippen LogP contribution in [0.4, 0.5) is 0 Å². The van der Waals surface area contributed by atoms with Crippen molar-refractivity contribution >= 4 is 16.9 Å². The third-order valence-corrected chi connectivity index (χ3v) is 6.91. The first-order valence-corrected chi connectivity index (χ1v) is 10.9. The van der Waals surface area contributed by atoms with E-state index in [1.807, 2.05) is 24.0 Å². The molecule has 1 saturated heterocycles. The van der Waals surface area contributed by atoms with Crippen molar-refractivity contribution in [2.24, 2.45) is 4.99 Å². The summed E-state index contributed by atoms with van der Waals surface area (Å²) in [6, 6.07) is 19.8. The van der Waals surface area contributed by atoms with Gasteiger partial charge in [0.15, 0.2) is 5.17 Å². The molecule has 3 aromatic rings. The average Bonchev–Trinajstić information content (AvgIpc) is 3.43. The molecule has 2 aliphatic rings. The van der Waals surface area contributed by atoms with E-state index in [4.69, 9.17) is 4.99 Å². The summed E-state index contributed by atoms with van der Waals surface area (Å²) >= 11 is 1.89. The van der Waals surface area contributed by atoms with Gasteiger partial charge in [0.25, 0.3) is 0 Å². The van der Waals surface area contributed by atoms with Crippen LogP contribution in [0, 0.1) is 6.92 Å². The van der Waals surface area contributed by atoms with Crippen LogP contribution in [-0.4, -0.2) is 31.4 Å². The van der Waals surface area contributed by atoms with Gasteiger partial charge in [0.1, 0.15) is 12.1 Å². The third-order valence-electron chi connectivity index (χ3n) is 5.79. The summed E-state index contributed by atoms with van der Waals surface area (Å²) in [6.07, 6.45) is 5.18. The molecular weight excluding hydrogens is 364 g/mol. The predicted octanol–water partition coefficient (Wildman–Crippen LogP) is 5.16. The van der Waals surface area contributed by atoms with E-state index in [0.717, 1.165) is 17.9 Å². The van der Waals surface area contributed by atoms with Gasteiger partial charge in [-0.3, -0.25) is 9.98 Å². The molecule has 0 amide bonds. The smallest absolute Gasteiger partial charge is 0.160 e. The van der Waals surface area contributed by atoms with Gasteiger partial charge in [0, 0.05) is 35.6 Å². The Bertz CT molecular complexity index is 1010. The van der Waals surface area contributed by atoms with Crippen molar-refractivity contribution in [3.8, 4) is 5.69 Å². The van der Waals surface area contributed by atoms with E-state index in [1.54, 1.807) is 0 Å². The number of thioether (sulfide) groups is 1. The second-order valence-electron chi connectivity index (χ2n) is 7.43. The highest BCUT2D eigenvalue weighted by Gasteiger charge is 2.46. The highest BCUT2D eigenvalue weighted by Crippen LogP contribution is 2.48. The molecule has 2 aliphatic heterocycles. The Balaban J connectivity index is 1.65. The molecule has 0 radical (unpaired) electrons. The number of hydrogen-bond acceptors (Lipinski definition) is 4. The number of rotatable bonds is 4. The van der Waals surface area contributed by atoms with Gasteiger partial charge in [-0.1, -0.05) is 43.0 Å². The number of aryl methyl sites for hydroxylation is 1. The van der Waals surface area contributed by atoms with E-state index < -0.39 is 0 Å². The van der Waals surface area contributed by atoms with Gasteiger partial charge in [-0.15, -0.1) is 0 Å². The van der Waals surface area contributed by atoms with Crippen molar-refractivity contribution in [1.82, 2.24) is 14.5 Å². The molecule has 0 N–H and O–H groups in total. The highest BCUT2D eigenvalue weighted by molar-refractivity contribution is 8.14. The average molecular weight is 389 g/mol. The van der Waals surface area contributed by atoms with Gasteiger partial charge in [-0.25, -0.2) is 0 Å². The van der Waals surface area contributed by atoms with Gasteiger partial charge in [0.05, 0.1) is 5.69 Å². The number of amidine groups is 1. The lowest BCUT2D eigenvalue weighted by atomic mass is 9.99. The summed E-state index contributed by atoms with van der Waals surface area (Å²) in [5.41, 5.74) is 4.83. The Kier molecular flexibility index (Phi) is 4.47. The first kappa shape index (κ1) is 17.6. The van der Waals surface area contributed by atoms with Gasteiger partial charge >= 0.3 is 0 Å². The maximum Gasteiger partial charge on any atom is 0.160 e. The van der Waals surface area contributed by atoms with Crippen LogP contribution in [0.15, 0.2) is 72.0 Å². The predicted molar refractivity (Wildman–Crippen MR) is 116 cm³/mol. The molecule has 1 fully saturated rings. The number of aromatic nitrogens is 2. The minimum Gasteiger partial charge on any atom is -0.337 e. The number of benzene rings is 1. The van der Waals surface area contributed by atoms with Crippen LogP contribution in [0.2, 0.25) is 0 Å². The molecule has 4 heterocycles. The first-order chi connectivity index (χ1) is 13.8. The third kappa shape index (κ3) is 2.76. The SMILES string of the molecule is CC[C@H]1CSC2=N[C@H](c3ccccn3)[C@@H](c3cccn3-c3ccccc3C)N21. The molecule has 2 aromatic heterocycles. The zero-order valence-electron chi connectivity index (χ0n) is 16.2.